The number of hydrogen-bond donors (Lipinski definition) is 1. The van der Waals surface area contributed by atoms with Crippen molar-refractivity contribution in [3.8, 4) is 0 Å². The van der Waals surface area contributed by atoms with Gasteiger partial charge in [0.05, 0.1) is 0 Å². The van der Waals surface area contributed by atoms with Crippen LogP contribution in [0.2, 0.25) is 0 Å². The molecule has 0 fully saturated rings. The Morgan fingerprint density at radius 2 is 1.20 bits per heavy atom. The first-order valence-electron chi connectivity index (χ1n) is 4.91. The second-order valence-corrected chi connectivity index (χ2v) is 12.1. The molecule has 5 heteroatoms. The van der Waals surface area contributed by atoms with Crippen molar-refractivity contribution in [3.63, 3.8) is 0 Å². The quantitative estimate of drug-likeness (QED) is 0.670. The molecule has 0 saturated carbocycles. The zero-order chi connectivity index (χ0) is 11.9. The Morgan fingerprint density at radius 3 is 1.47 bits per heavy atom. The van der Waals surface area contributed by atoms with E-state index in [0.717, 1.165) is 24.1 Å². The Bertz CT molecular complexity index is 195. The Labute approximate surface area is 96.3 Å². The lowest BCUT2D eigenvalue weighted by molar-refractivity contribution is -0.108. The number of aldehydes is 2. The number of carbonyl (C=O) groups is 2. The van der Waals surface area contributed by atoms with Gasteiger partial charge in [0, 0.05) is 12.8 Å². The van der Waals surface area contributed by atoms with E-state index in [0.29, 0.717) is 12.8 Å². The SMILES string of the molecule is CS(C)(CCC=O)NS(C)(C)CCC=O. The maximum Gasteiger partial charge on any atom is 0.120 e. The van der Waals surface area contributed by atoms with Crippen LogP contribution in [0.15, 0.2) is 0 Å². The highest BCUT2D eigenvalue weighted by atomic mass is 32.3. The lowest BCUT2D eigenvalue weighted by Gasteiger charge is -2.44. The summed E-state index contributed by atoms with van der Waals surface area (Å²) in [6.07, 6.45) is 11.9. The summed E-state index contributed by atoms with van der Waals surface area (Å²) in [5.74, 6) is 1.85. The molecule has 92 valence electrons. The second-order valence-electron chi connectivity index (χ2n) is 4.48. The minimum absolute atomic E-state index is 0.624. The average molecular weight is 253 g/mol. The fraction of sp³-hybridized carbons (Fsp3) is 0.800. The van der Waals surface area contributed by atoms with Gasteiger partial charge in [0.25, 0.3) is 0 Å². The van der Waals surface area contributed by atoms with E-state index < -0.39 is 20.4 Å². The van der Waals surface area contributed by atoms with E-state index >= 15 is 0 Å². The van der Waals surface area contributed by atoms with Gasteiger partial charge in [-0.05, 0) is 36.5 Å². The predicted octanol–water partition coefficient (Wildman–Crippen LogP) is 1.71. The van der Waals surface area contributed by atoms with Crippen molar-refractivity contribution in [2.75, 3.05) is 36.5 Å². The van der Waals surface area contributed by atoms with E-state index in [1.165, 1.54) is 0 Å². The van der Waals surface area contributed by atoms with Crippen LogP contribution in [0.1, 0.15) is 12.8 Å². The molecular formula is C10H23NO2S2. The first-order chi connectivity index (χ1) is 6.83. The Morgan fingerprint density at radius 1 is 0.867 bits per heavy atom. The molecule has 0 heterocycles. The molecule has 15 heavy (non-hydrogen) atoms. The first kappa shape index (κ1) is 15.0. The summed E-state index contributed by atoms with van der Waals surface area (Å²) in [6, 6.07) is 0. The van der Waals surface area contributed by atoms with Gasteiger partial charge >= 0.3 is 0 Å². The van der Waals surface area contributed by atoms with Crippen molar-refractivity contribution in [1.29, 1.82) is 0 Å². The zero-order valence-electron chi connectivity index (χ0n) is 10.1. The second kappa shape index (κ2) is 6.55. The fourth-order valence-corrected chi connectivity index (χ4v) is 8.30. The van der Waals surface area contributed by atoms with E-state index in [9.17, 15) is 9.59 Å². The molecule has 1 N–H and O–H groups in total. The molecule has 0 spiro atoms. The molecule has 0 amide bonds. The molecule has 0 aromatic rings. The summed E-state index contributed by atoms with van der Waals surface area (Å²) in [6.45, 7) is 0. The maximum atomic E-state index is 10.3. The van der Waals surface area contributed by atoms with Gasteiger partial charge in [0.15, 0.2) is 0 Å². The van der Waals surface area contributed by atoms with E-state index in [1.807, 2.05) is 0 Å². The van der Waals surface area contributed by atoms with Gasteiger partial charge in [0.2, 0.25) is 0 Å². The highest BCUT2D eigenvalue weighted by Crippen LogP contribution is 2.49. The van der Waals surface area contributed by atoms with Crippen LogP contribution in [-0.2, 0) is 9.59 Å². The van der Waals surface area contributed by atoms with Crippen LogP contribution in [0.25, 0.3) is 0 Å². The summed E-state index contributed by atoms with van der Waals surface area (Å²) in [7, 11) is -1.78. The Balaban J connectivity index is 4.15. The summed E-state index contributed by atoms with van der Waals surface area (Å²) < 4.78 is 3.65. The highest BCUT2D eigenvalue weighted by molar-refractivity contribution is 8.45. The summed E-state index contributed by atoms with van der Waals surface area (Å²) in [5, 5.41) is 0. The van der Waals surface area contributed by atoms with Crippen LogP contribution in [0.3, 0.4) is 0 Å². The third-order valence-electron chi connectivity index (χ3n) is 1.94. The van der Waals surface area contributed by atoms with Gasteiger partial charge < -0.3 is 9.59 Å². The fourth-order valence-electron chi connectivity index (χ4n) is 1.38. The first-order valence-corrected chi connectivity index (χ1v) is 10.1. The van der Waals surface area contributed by atoms with Crippen molar-refractivity contribution in [1.82, 2.24) is 4.13 Å². The smallest absolute Gasteiger partial charge is 0.120 e. The van der Waals surface area contributed by atoms with E-state index in [-0.39, 0.29) is 0 Å². The summed E-state index contributed by atoms with van der Waals surface area (Å²) in [4.78, 5) is 20.7. The molecule has 0 rings (SSSR count). The molecule has 0 unspecified atom stereocenters. The maximum absolute atomic E-state index is 10.3. The van der Waals surface area contributed by atoms with Gasteiger partial charge in [-0.2, -0.15) is 20.4 Å². The lowest BCUT2D eigenvalue weighted by Crippen LogP contribution is -2.26. The van der Waals surface area contributed by atoms with Crippen LogP contribution >= 0.6 is 20.4 Å². The molecule has 0 saturated heterocycles. The molecule has 0 atom stereocenters. The normalized spacial score (nSPS) is 14.7. The minimum Gasteiger partial charge on any atom is -0.303 e. The van der Waals surface area contributed by atoms with Gasteiger partial charge in [0.1, 0.15) is 12.6 Å². The monoisotopic (exact) mass is 253 g/mol. The standard InChI is InChI=1S/C10H23NO2S2/c1-14(2,9-5-7-12)11-15(3,4)10-6-8-13/h7-8,11H,5-6,9-10H2,1-4H3. The molecule has 0 aromatic heterocycles. The van der Waals surface area contributed by atoms with Crippen molar-refractivity contribution >= 4 is 33.0 Å². The molecular weight excluding hydrogens is 230 g/mol. The van der Waals surface area contributed by atoms with Gasteiger partial charge in [-0.25, -0.2) is 4.13 Å². The van der Waals surface area contributed by atoms with Crippen LogP contribution in [0, 0.1) is 0 Å². The van der Waals surface area contributed by atoms with Crippen LogP contribution < -0.4 is 4.13 Å². The molecule has 0 aliphatic carbocycles. The van der Waals surface area contributed by atoms with Crippen LogP contribution in [-0.4, -0.2) is 49.1 Å². The van der Waals surface area contributed by atoms with Crippen molar-refractivity contribution in [2.45, 2.75) is 12.8 Å². The number of nitrogens with one attached hydrogen (secondary N) is 1. The topological polar surface area (TPSA) is 46.2 Å². The van der Waals surface area contributed by atoms with E-state index in [2.05, 4.69) is 29.2 Å². The largest absolute Gasteiger partial charge is 0.303 e. The van der Waals surface area contributed by atoms with E-state index in [4.69, 9.17) is 0 Å². The molecule has 0 aliphatic heterocycles. The van der Waals surface area contributed by atoms with Gasteiger partial charge in [-0.15, -0.1) is 0 Å². The van der Waals surface area contributed by atoms with E-state index in [1.54, 1.807) is 0 Å². The summed E-state index contributed by atoms with van der Waals surface area (Å²) in [5.41, 5.74) is 0. The number of rotatable bonds is 8. The van der Waals surface area contributed by atoms with Crippen molar-refractivity contribution in [3.05, 3.63) is 0 Å². The summed E-state index contributed by atoms with van der Waals surface area (Å²) >= 11 is 0. The van der Waals surface area contributed by atoms with Crippen LogP contribution in [0.5, 0.6) is 0 Å². The molecule has 3 nitrogen and oxygen atoms in total. The van der Waals surface area contributed by atoms with Gasteiger partial charge in [-0.1, -0.05) is 0 Å². The third kappa shape index (κ3) is 7.88. The molecule has 0 aromatic carbocycles. The Kier molecular flexibility index (Phi) is 6.55. The number of hydrogen-bond acceptors (Lipinski definition) is 3. The van der Waals surface area contributed by atoms with Crippen molar-refractivity contribution < 1.29 is 9.59 Å². The lowest BCUT2D eigenvalue weighted by atomic mass is 10.6. The minimum atomic E-state index is -0.892. The average Bonchev–Trinajstić information content (AvgIpc) is 2.10. The molecule has 0 bridgehead atoms. The highest BCUT2D eigenvalue weighted by Gasteiger charge is 2.19. The molecule has 0 aliphatic rings. The number of carbonyl (C=O) groups excluding carboxylic acids is 2. The zero-order valence-corrected chi connectivity index (χ0v) is 11.7. The molecule has 0 radical (unpaired) electrons. The van der Waals surface area contributed by atoms with Gasteiger partial charge in [-0.3, -0.25) is 0 Å². The third-order valence-corrected chi connectivity index (χ3v) is 8.07. The Hall–Kier alpha value is -0.0000000000000000555. The van der Waals surface area contributed by atoms with Crippen LogP contribution in [0.4, 0.5) is 0 Å². The van der Waals surface area contributed by atoms with Crippen molar-refractivity contribution in [2.24, 2.45) is 0 Å². The predicted molar refractivity (Wildman–Crippen MR) is 73.1 cm³/mol.